The Labute approximate surface area is 116 Å². The van der Waals surface area contributed by atoms with Crippen molar-refractivity contribution in [1.82, 2.24) is 9.80 Å². The van der Waals surface area contributed by atoms with Gasteiger partial charge in [0.15, 0.2) is 0 Å². The van der Waals surface area contributed by atoms with Crippen LogP contribution in [0.2, 0.25) is 0 Å². The fourth-order valence-corrected chi connectivity index (χ4v) is 0.873. The molecule has 0 heterocycles. The number of nitrogens with zero attached hydrogens (tertiary/aromatic N) is 2. The van der Waals surface area contributed by atoms with E-state index in [9.17, 15) is 14.4 Å². The molecule has 0 fully saturated rings. The number of hydrogen-bond acceptors (Lipinski definition) is 5. The van der Waals surface area contributed by atoms with E-state index in [1.54, 1.807) is 14.1 Å². The first kappa shape index (κ1) is 22.7. The monoisotopic (exact) mass is 276 g/mol. The molecule has 0 aromatic carbocycles. The molecule has 1 amide bonds. The Hall–Kier alpha value is -1.43. The molecule has 0 N–H and O–H groups in total. The highest BCUT2D eigenvalue weighted by molar-refractivity contribution is 5.82. The number of ether oxygens (including phenoxy) is 1. The van der Waals surface area contributed by atoms with E-state index in [2.05, 4.69) is 30.4 Å². The molecule has 0 bridgehead atoms. The summed E-state index contributed by atoms with van der Waals surface area (Å²) in [7, 11) is 3.38. The Morgan fingerprint density at radius 2 is 1.21 bits per heavy atom. The predicted molar refractivity (Wildman–Crippen MR) is 75.7 cm³/mol. The lowest BCUT2D eigenvalue weighted by Gasteiger charge is -2.13. The minimum Gasteiger partial charge on any atom is -0.394 e. The first-order valence-electron chi connectivity index (χ1n) is 6.27. The standard InChI is InChI=1S/C6H15N.C4H6O3.C3H7NO/c1-4-7(5-2)6-3;1-3(5)7-4(2)6;1-4(2)3-5/h4-6H2,1-3H3;1-2H3;3H,1-2H3. The molecule has 6 heteroatoms. The topological polar surface area (TPSA) is 66.9 Å². The molecule has 0 aliphatic rings. The first-order valence-corrected chi connectivity index (χ1v) is 6.27. The number of amides is 1. The number of carbonyl (C=O) groups is 3. The van der Waals surface area contributed by atoms with Crippen LogP contribution in [0.25, 0.3) is 0 Å². The van der Waals surface area contributed by atoms with Crippen LogP contribution in [-0.4, -0.2) is 61.9 Å². The van der Waals surface area contributed by atoms with Crippen molar-refractivity contribution in [2.75, 3.05) is 33.7 Å². The third-order valence-electron chi connectivity index (χ3n) is 1.84. The van der Waals surface area contributed by atoms with Gasteiger partial charge < -0.3 is 14.5 Å². The van der Waals surface area contributed by atoms with Gasteiger partial charge in [0.05, 0.1) is 0 Å². The SMILES string of the molecule is CC(=O)OC(C)=O.CCN(CC)CC.CN(C)C=O. The van der Waals surface area contributed by atoms with Gasteiger partial charge >= 0.3 is 11.9 Å². The van der Waals surface area contributed by atoms with Crippen LogP contribution < -0.4 is 0 Å². The van der Waals surface area contributed by atoms with Gasteiger partial charge in [0.2, 0.25) is 6.41 Å². The third kappa shape index (κ3) is 31.5. The molecule has 0 atom stereocenters. The zero-order valence-electron chi connectivity index (χ0n) is 13.2. The molecule has 114 valence electrons. The van der Waals surface area contributed by atoms with Crippen LogP contribution >= 0.6 is 0 Å². The Bertz CT molecular complexity index is 221. The summed E-state index contributed by atoms with van der Waals surface area (Å²) in [6.45, 7) is 12.5. The Morgan fingerprint density at radius 3 is 1.21 bits per heavy atom. The number of esters is 2. The number of rotatable bonds is 4. The molecule has 0 aromatic rings. The van der Waals surface area contributed by atoms with E-state index in [1.165, 1.54) is 38.4 Å². The van der Waals surface area contributed by atoms with Crippen LogP contribution in [-0.2, 0) is 19.1 Å². The normalized spacial score (nSPS) is 8.42. The molecule has 0 unspecified atom stereocenters. The molecular weight excluding hydrogens is 248 g/mol. The van der Waals surface area contributed by atoms with Crippen LogP contribution in [0, 0.1) is 0 Å². The van der Waals surface area contributed by atoms with Gasteiger partial charge in [0.25, 0.3) is 0 Å². The summed E-state index contributed by atoms with van der Waals surface area (Å²) in [5.74, 6) is -1.12. The van der Waals surface area contributed by atoms with E-state index in [0.717, 1.165) is 6.41 Å². The minimum atomic E-state index is -0.562. The fraction of sp³-hybridized carbons (Fsp3) is 0.769. The van der Waals surface area contributed by atoms with Crippen LogP contribution in [0.1, 0.15) is 34.6 Å². The second kappa shape index (κ2) is 16.6. The van der Waals surface area contributed by atoms with Crippen molar-refractivity contribution in [3.8, 4) is 0 Å². The van der Waals surface area contributed by atoms with E-state index < -0.39 is 11.9 Å². The van der Waals surface area contributed by atoms with E-state index in [4.69, 9.17) is 0 Å². The van der Waals surface area contributed by atoms with Crippen molar-refractivity contribution in [1.29, 1.82) is 0 Å². The lowest BCUT2D eigenvalue weighted by atomic mass is 10.5. The summed E-state index contributed by atoms with van der Waals surface area (Å²) in [5.41, 5.74) is 0. The highest BCUT2D eigenvalue weighted by Gasteiger charge is 1.93. The highest BCUT2D eigenvalue weighted by atomic mass is 16.6. The van der Waals surface area contributed by atoms with Crippen molar-refractivity contribution in [2.24, 2.45) is 0 Å². The lowest BCUT2D eigenvalue weighted by molar-refractivity contribution is -0.156. The summed E-state index contributed by atoms with van der Waals surface area (Å²) < 4.78 is 3.97. The molecule has 0 saturated heterocycles. The van der Waals surface area contributed by atoms with Crippen molar-refractivity contribution < 1.29 is 19.1 Å². The summed E-state index contributed by atoms with van der Waals surface area (Å²) >= 11 is 0. The molecule has 0 aliphatic carbocycles. The maximum absolute atomic E-state index is 9.81. The van der Waals surface area contributed by atoms with Crippen LogP contribution in [0.15, 0.2) is 0 Å². The minimum absolute atomic E-state index is 0.562. The van der Waals surface area contributed by atoms with Crippen molar-refractivity contribution in [3.05, 3.63) is 0 Å². The third-order valence-corrected chi connectivity index (χ3v) is 1.84. The zero-order valence-corrected chi connectivity index (χ0v) is 13.2. The van der Waals surface area contributed by atoms with Crippen molar-refractivity contribution in [3.63, 3.8) is 0 Å². The molecule has 0 aromatic heterocycles. The first-order chi connectivity index (χ1) is 8.74. The van der Waals surface area contributed by atoms with Gasteiger partial charge in [0, 0.05) is 27.9 Å². The molecule has 0 rings (SSSR count). The molecule has 0 aliphatic heterocycles. The average Bonchev–Trinajstić information content (AvgIpc) is 2.31. The smallest absolute Gasteiger partial charge is 0.310 e. The molecule has 0 radical (unpaired) electrons. The second-order valence-electron chi connectivity index (χ2n) is 3.77. The van der Waals surface area contributed by atoms with Gasteiger partial charge in [-0.15, -0.1) is 0 Å². The largest absolute Gasteiger partial charge is 0.394 e. The fourth-order valence-electron chi connectivity index (χ4n) is 0.873. The van der Waals surface area contributed by atoms with E-state index in [-0.39, 0.29) is 0 Å². The number of carbonyl (C=O) groups excluding carboxylic acids is 3. The maximum Gasteiger partial charge on any atom is 0.310 e. The van der Waals surface area contributed by atoms with E-state index >= 15 is 0 Å². The van der Waals surface area contributed by atoms with E-state index in [1.807, 2.05) is 0 Å². The molecule has 0 saturated carbocycles. The molecule has 6 nitrogen and oxygen atoms in total. The van der Waals surface area contributed by atoms with Gasteiger partial charge in [-0.2, -0.15) is 0 Å². The van der Waals surface area contributed by atoms with Crippen LogP contribution in [0.5, 0.6) is 0 Å². The maximum atomic E-state index is 9.81. The summed E-state index contributed by atoms with van der Waals surface area (Å²) in [6, 6.07) is 0. The van der Waals surface area contributed by atoms with Crippen LogP contribution in [0.4, 0.5) is 0 Å². The summed E-state index contributed by atoms with van der Waals surface area (Å²) in [5, 5.41) is 0. The van der Waals surface area contributed by atoms with Gasteiger partial charge in [-0.25, -0.2) is 0 Å². The Kier molecular flexibility index (Phi) is 19.8. The Morgan fingerprint density at radius 1 is 0.947 bits per heavy atom. The van der Waals surface area contributed by atoms with Gasteiger partial charge in [0.1, 0.15) is 0 Å². The van der Waals surface area contributed by atoms with Gasteiger partial charge in [-0.1, -0.05) is 20.8 Å². The average molecular weight is 276 g/mol. The summed E-state index contributed by atoms with van der Waals surface area (Å²) in [4.78, 5) is 32.9. The zero-order chi connectivity index (χ0) is 15.8. The second-order valence-corrected chi connectivity index (χ2v) is 3.77. The Balaban J connectivity index is -0.000000206. The quantitative estimate of drug-likeness (QED) is 0.438. The summed E-state index contributed by atoms with van der Waals surface area (Å²) in [6.07, 6.45) is 0.750. The van der Waals surface area contributed by atoms with Gasteiger partial charge in [-0.05, 0) is 19.6 Å². The highest BCUT2D eigenvalue weighted by Crippen LogP contribution is 1.81. The number of hydrogen-bond donors (Lipinski definition) is 0. The van der Waals surface area contributed by atoms with Crippen LogP contribution in [0.3, 0.4) is 0 Å². The molecular formula is C13H28N2O4. The predicted octanol–water partition coefficient (Wildman–Crippen LogP) is 1.15. The molecule has 0 spiro atoms. The van der Waals surface area contributed by atoms with E-state index in [0.29, 0.717) is 0 Å². The van der Waals surface area contributed by atoms with Gasteiger partial charge in [-0.3, -0.25) is 14.4 Å². The lowest BCUT2D eigenvalue weighted by Crippen LogP contribution is -2.21. The van der Waals surface area contributed by atoms with Crippen molar-refractivity contribution >= 4 is 18.3 Å². The molecule has 19 heavy (non-hydrogen) atoms. The van der Waals surface area contributed by atoms with Crippen molar-refractivity contribution in [2.45, 2.75) is 34.6 Å².